The Labute approximate surface area is 154 Å². The molecule has 0 aliphatic carbocycles. The number of rotatable bonds is 4. The lowest BCUT2D eigenvalue weighted by Gasteiger charge is -2.32. The molecular formula is C18H27N7O. The number of likely N-dealkylation sites (tertiary alicyclic amines) is 1. The van der Waals surface area contributed by atoms with Crippen molar-refractivity contribution in [3.8, 4) is 0 Å². The number of hydrogen-bond donors (Lipinski definition) is 0. The van der Waals surface area contributed by atoms with Gasteiger partial charge >= 0.3 is 0 Å². The topological polar surface area (TPSA) is 80.0 Å². The molecule has 0 bridgehead atoms. The third kappa shape index (κ3) is 3.90. The van der Waals surface area contributed by atoms with E-state index < -0.39 is 0 Å². The van der Waals surface area contributed by atoms with Gasteiger partial charge in [-0.25, -0.2) is 9.97 Å². The molecule has 0 radical (unpaired) electrons. The van der Waals surface area contributed by atoms with E-state index in [0.29, 0.717) is 18.1 Å². The molecule has 1 fully saturated rings. The van der Waals surface area contributed by atoms with Crippen LogP contribution in [0.4, 0.5) is 0 Å². The highest BCUT2D eigenvalue weighted by molar-refractivity contribution is 5.92. The first-order chi connectivity index (χ1) is 12.3. The third-order valence-electron chi connectivity index (χ3n) is 4.72. The number of piperidine rings is 1. The second-order valence-corrected chi connectivity index (χ2v) is 7.30. The summed E-state index contributed by atoms with van der Waals surface area (Å²) in [6.45, 7) is 5.85. The minimum absolute atomic E-state index is 0.0287. The molecule has 1 atom stereocenters. The van der Waals surface area contributed by atoms with Crippen LogP contribution in [-0.4, -0.2) is 67.6 Å². The van der Waals surface area contributed by atoms with E-state index in [9.17, 15) is 4.79 Å². The summed E-state index contributed by atoms with van der Waals surface area (Å²) in [4.78, 5) is 25.4. The molecule has 0 unspecified atom stereocenters. The highest BCUT2D eigenvalue weighted by atomic mass is 16.2. The lowest BCUT2D eigenvalue weighted by molar-refractivity contribution is 0.0696. The Balaban J connectivity index is 1.77. The molecule has 0 N–H and O–H groups in total. The van der Waals surface area contributed by atoms with Crippen molar-refractivity contribution in [3.63, 3.8) is 0 Å². The van der Waals surface area contributed by atoms with E-state index in [1.165, 1.54) is 0 Å². The molecule has 2 aromatic heterocycles. The fourth-order valence-corrected chi connectivity index (χ4v) is 3.51. The Kier molecular flexibility index (Phi) is 5.31. The monoisotopic (exact) mass is 357 g/mol. The maximum absolute atomic E-state index is 12.9. The van der Waals surface area contributed by atoms with Crippen molar-refractivity contribution in [2.24, 2.45) is 7.05 Å². The van der Waals surface area contributed by atoms with Gasteiger partial charge < -0.3 is 14.4 Å². The fourth-order valence-electron chi connectivity index (χ4n) is 3.51. The molecule has 3 heterocycles. The van der Waals surface area contributed by atoms with Crippen LogP contribution >= 0.6 is 0 Å². The van der Waals surface area contributed by atoms with Crippen LogP contribution in [0.5, 0.6) is 0 Å². The molecular weight excluding hydrogens is 330 g/mol. The van der Waals surface area contributed by atoms with Crippen LogP contribution in [0.25, 0.3) is 0 Å². The molecule has 3 rings (SSSR count). The maximum atomic E-state index is 12.9. The summed E-state index contributed by atoms with van der Waals surface area (Å²) >= 11 is 0. The van der Waals surface area contributed by atoms with Crippen molar-refractivity contribution in [1.82, 2.24) is 34.5 Å². The van der Waals surface area contributed by atoms with E-state index in [1.807, 2.05) is 39.9 Å². The normalized spacial score (nSPS) is 17.8. The average molecular weight is 357 g/mol. The quantitative estimate of drug-likeness (QED) is 0.821. The molecule has 8 heteroatoms. The second-order valence-electron chi connectivity index (χ2n) is 7.30. The first-order valence-electron chi connectivity index (χ1n) is 8.99. The van der Waals surface area contributed by atoms with Crippen molar-refractivity contribution in [3.05, 3.63) is 34.9 Å². The summed E-state index contributed by atoms with van der Waals surface area (Å²) in [6.07, 6.45) is 1.97. The standard InChI is InChI=1S/C18H27N7O/c1-12-9-15(20-13(2)19-12)18(26)25-8-6-7-14(10-25)17-22-21-16(24(17)5)11-23(3)4/h9,14H,6-8,10-11H2,1-5H3/t14-/m1/s1. The van der Waals surface area contributed by atoms with Crippen molar-refractivity contribution in [1.29, 1.82) is 0 Å². The minimum atomic E-state index is -0.0287. The number of aryl methyl sites for hydroxylation is 2. The number of carbonyl (C=O) groups excluding carboxylic acids is 1. The summed E-state index contributed by atoms with van der Waals surface area (Å²) in [5.41, 5.74) is 1.29. The van der Waals surface area contributed by atoms with Gasteiger partial charge in [0.05, 0.1) is 6.54 Å². The van der Waals surface area contributed by atoms with Gasteiger partial charge in [0.1, 0.15) is 23.2 Å². The molecule has 0 aromatic carbocycles. The lowest BCUT2D eigenvalue weighted by atomic mass is 9.97. The van der Waals surface area contributed by atoms with Gasteiger partial charge in [0.15, 0.2) is 0 Å². The van der Waals surface area contributed by atoms with E-state index in [4.69, 9.17) is 0 Å². The first-order valence-corrected chi connectivity index (χ1v) is 8.99. The molecule has 1 aliphatic heterocycles. The molecule has 0 spiro atoms. The maximum Gasteiger partial charge on any atom is 0.272 e. The van der Waals surface area contributed by atoms with Gasteiger partial charge in [-0.05, 0) is 46.9 Å². The number of amides is 1. The van der Waals surface area contributed by atoms with Gasteiger partial charge in [0, 0.05) is 31.7 Å². The Morgan fingerprint density at radius 1 is 1.27 bits per heavy atom. The van der Waals surface area contributed by atoms with Crippen molar-refractivity contribution >= 4 is 5.91 Å². The summed E-state index contributed by atoms with van der Waals surface area (Å²) in [7, 11) is 6.04. The number of carbonyl (C=O) groups is 1. The fraction of sp³-hybridized carbons (Fsp3) is 0.611. The van der Waals surface area contributed by atoms with E-state index in [0.717, 1.165) is 43.3 Å². The molecule has 140 valence electrons. The molecule has 2 aromatic rings. The Hall–Kier alpha value is -2.35. The van der Waals surface area contributed by atoms with Crippen molar-refractivity contribution in [2.45, 2.75) is 39.2 Å². The minimum Gasteiger partial charge on any atom is -0.337 e. The predicted molar refractivity (Wildman–Crippen MR) is 97.8 cm³/mol. The zero-order valence-electron chi connectivity index (χ0n) is 16.2. The highest BCUT2D eigenvalue weighted by Gasteiger charge is 2.29. The van der Waals surface area contributed by atoms with Gasteiger partial charge in [0.25, 0.3) is 5.91 Å². The van der Waals surface area contributed by atoms with E-state index in [-0.39, 0.29) is 11.8 Å². The van der Waals surface area contributed by atoms with Crippen LogP contribution < -0.4 is 0 Å². The van der Waals surface area contributed by atoms with Crippen LogP contribution in [0.3, 0.4) is 0 Å². The van der Waals surface area contributed by atoms with Gasteiger partial charge in [-0.3, -0.25) is 4.79 Å². The second kappa shape index (κ2) is 7.49. The first kappa shape index (κ1) is 18.4. The summed E-state index contributed by atoms with van der Waals surface area (Å²) in [6, 6.07) is 1.76. The van der Waals surface area contributed by atoms with Gasteiger partial charge in [-0.15, -0.1) is 10.2 Å². The number of aromatic nitrogens is 5. The summed E-state index contributed by atoms with van der Waals surface area (Å²) < 4.78 is 2.07. The summed E-state index contributed by atoms with van der Waals surface area (Å²) in [5.74, 6) is 2.69. The number of nitrogens with zero attached hydrogens (tertiary/aromatic N) is 7. The Morgan fingerprint density at radius 2 is 2.04 bits per heavy atom. The Bertz CT molecular complexity index is 779. The highest BCUT2D eigenvalue weighted by Crippen LogP contribution is 2.26. The smallest absolute Gasteiger partial charge is 0.272 e. The van der Waals surface area contributed by atoms with Crippen LogP contribution in [-0.2, 0) is 13.6 Å². The third-order valence-corrected chi connectivity index (χ3v) is 4.72. The number of hydrogen-bond acceptors (Lipinski definition) is 6. The predicted octanol–water partition coefficient (Wildman–Crippen LogP) is 1.30. The van der Waals surface area contributed by atoms with Gasteiger partial charge in [-0.2, -0.15) is 0 Å². The zero-order chi connectivity index (χ0) is 18.8. The SMILES string of the molecule is Cc1cc(C(=O)N2CCC[C@@H](c3nnc(CN(C)C)n3C)C2)nc(C)n1. The van der Waals surface area contributed by atoms with Crippen molar-refractivity contribution in [2.75, 3.05) is 27.2 Å². The molecule has 0 saturated carbocycles. The van der Waals surface area contributed by atoms with E-state index in [1.54, 1.807) is 6.07 Å². The lowest BCUT2D eigenvalue weighted by Crippen LogP contribution is -2.40. The molecule has 8 nitrogen and oxygen atoms in total. The molecule has 26 heavy (non-hydrogen) atoms. The summed E-state index contributed by atoms with van der Waals surface area (Å²) in [5, 5.41) is 8.74. The van der Waals surface area contributed by atoms with E-state index in [2.05, 4.69) is 29.6 Å². The Morgan fingerprint density at radius 3 is 2.73 bits per heavy atom. The molecule has 1 amide bonds. The van der Waals surface area contributed by atoms with Crippen LogP contribution in [0.1, 0.15) is 52.4 Å². The van der Waals surface area contributed by atoms with Crippen LogP contribution in [0.15, 0.2) is 6.07 Å². The van der Waals surface area contributed by atoms with Crippen LogP contribution in [0.2, 0.25) is 0 Å². The average Bonchev–Trinajstić information content (AvgIpc) is 2.93. The van der Waals surface area contributed by atoms with Crippen molar-refractivity contribution < 1.29 is 4.79 Å². The van der Waals surface area contributed by atoms with Crippen LogP contribution in [0, 0.1) is 13.8 Å². The van der Waals surface area contributed by atoms with E-state index >= 15 is 0 Å². The zero-order valence-corrected chi connectivity index (χ0v) is 16.2. The molecule has 1 saturated heterocycles. The largest absolute Gasteiger partial charge is 0.337 e. The van der Waals surface area contributed by atoms with Gasteiger partial charge in [-0.1, -0.05) is 0 Å². The van der Waals surface area contributed by atoms with Gasteiger partial charge in [0.2, 0.25) is 0 Å². The molecule has 1 aliphatic rings.